The van der Waals surface area contributed by atoms with Gasteiger partial charge in [-0.15, -0.1) is 10.2 Å². The van der Waals surface area contributed by atoms with Gasteiger partial charge in [0.2, 0.25) is 5.91 Å². The zero-order valence-electron chi connectivity index (χ0n) is 10.2. The van der Waals surface area contributed by atoms with Crippen LogP contribution in [0.3, 0.4) is 0 Å². The Balaban J connectivity index is 1.56. The van der Waals surface area contributed by atoms with Crippen LogP contribution in [-0.4, -0.2) is 21.9 Å². The fourth-order valence-corrected chi connectivity index (χ4v) is 3.60. The normalized spacial score (nSPS) is 17.2. The molecule has 1 N–H and O–H groups in total. The molecular weight excluding hydrogens is 278 g/mol. The first-order chi connectivity index (χ1) is 9.33. The minimum absolute atomic E-state index is 0.0573. The largest absolute Gasteiger partial charge is 0.349 e. The van der Waals surface area contributed by atoms with E-state index in [9.17, 15) is 4.79 Å². The summed E-state index contributed by atoms with van der Waals surface area (Å²) in [6, 6.07) is 8.48. The van der Waals surface area contributed by atoms with Gasteiger partial charge in [0.25, 0.3) is 0 Å². The van der Waals surface area contributed by atoms with E-state index in [2.05, 4.69) is 27.6 Å². The second-order valence-corrected chi connectivity index (χ2v) is 6.41. The van der Waals surface area contributed by atoms with Crippen molar-refractivity contribution in [2.75, 3.05) is 5.75 Å². The molecule has 1 heterocycles. The number of aromatic nitrogens is 2. The summed E-state index contributed by atoms with van der Waals surface area (Å²) in [5.41, 5.74) is 4.29. The predicted molar refractivity (Wildman–Crippen MR) is 76.3 cm³/mol. The quantitative estimate of drug-likeness (QED) is 0.879. The van der Waals surface area contributed by atoms with E-state index in [1.165, 1.54) is 34.2 Å². The first-order valence-corrected chi connectivity index (χ1v) is 7.95. The van der Waals surface area contributed by atoms with Crippen LogP contribution in [0, 0.1) is 0 Å². The lowest BCUT2D eigenvalue weighted by Gasteiger charge is -2.13. The third kappa shape index (κ3) is 2.96. The third-order valence-electron chi connectivity index (χ3n) is 3.13. The first-order valence-electron chi connectivity index (χ1n) is 6.09. The maximum atomic E-state index is 11.9. The third-order valence-corrected chi connectivity index (χ3v) is 5.00. The van der Waals surface area contributed by atoms with E-state index in [-0.39, 0.29) is 11.9 Å². The van der Waals surface area contributed by atoms with Crippen molar-refractivity contribution in [2.45, 2.75) is 23.2 Å². The number of thioether (sulfide) groups is 1. The lowest BCUT2D eigenvalue weighted by atomic mass is 10.1. The Kier molecular flexibility index (Phi) is 3.79. The van der Waals surface area contributed by atoms with Gasteiger partial charge in [-0.2, -0.15) is 0 Å². The number of amides is 1. The monoisotopic (exact) mass is 291 g/mol. The van der Waals surface area contributed by atoms with Gasteiger partial charge in [0, 0.05) is 0 Å². The molecule has 0 aliphatic heterocycles. The summed E-state index contributed by atoms with van der Waals surface area (Å²) in [7, 11) is 0. The van der Waals surface area contributed by atoms with E-state index < -0.39 is 0 Å². The van der Waals surface area contributed by atoms with Gasteiger partial charge in [-0.25, -0.2) is 0 Å². The van der Waals surface area contributed by atoms with Crippen LogP contribution < -0.4 is 5.32 Å². The van der Waals surface area contributed by atoms with Crippen LogP contribution in [0.4, 0.5) is 0 Å². The van der Waals surface area contributed by atoms with Crippen LogP contribution in [-0.2, 0) is 11.2 Å². The van der Waals surface area contributed by atoms with E-state index in [4.69, 9.17) is 0 Å². The van der Waals surface area contributed by atoms with Crippen LogP contribution >= 0.6 is 23.1 Å². The number of nitrogens with one attached hydrogen (secondary N) is 1. The minimum atomic E-state index is 0.0573. The summed E-state index contributed by atoms with van der Waals surface area (Å²) < 4.78 is 0.835. The zero-order valence-corrected chi connectivity index (χ0v) is 11.8. The van der Waals surface area contributed by atoms with Gasteiger partial charge < -0.3 is 5.32 Å². The highest BCUT2D eigenvalue weighted by Crippen LogP contribution is 2.30. The zero-order chi connectivity index (χ0) is 13.1. The summed E-state index contributed by atoms with van der Waals surface area (Å²) in [4.78, 5) is 11.9. The maximum Gasteiger partial charge on any atom is 0.230 e. The van der Waals surface area contributed by atoms with Crippen LogP contribution in [0.5, 0.6) is 0 Å². The molecule has 1 amide bonds. The molecule has 4 nitrogen and oxygen atoms in total. The number of rotatable bonds is 4. The van der Waals surface area contributed by atoms with Crippen LogP contribution in [0.15, 0.2) is 34.1 Å². The molecule has 1 unspecified atom stereocenters. The molecule has 6 heteroatoms. The van der Waals surface area contributed by atoms with Crippen molar-refractivity contribution in [3.8, 4) is 0 Å². The molecule has 3 rings (SSSR count). The Morgan fingerprint density at radius 1 is 1.47 bits per heavy atom. The summed E-state index contributed by atoms with van der Waals surface area (Å²) in [6.45, 7) is 0. The molecule has 0 radical (unpaired) electrons. The second-order valence-electron chi connectivity index (χ2n) is 4.35. The molecule has 1 aliphatic carbocycles. The number of hydrogen-bond donors (Lipinski definition) is 1. The van der Waals surface area contributed by atoms with Gasteiger partial charge in [-0.05, 0) is 24.0 Å². The van der Waals surface area contributed by atoms with Gasteiger partial charge in [0.15, 0.2) is 4.34 Å². The van der Waals surface area contributed by atoms with E-state index in [0.29, 0.717) is 5.75 Å². The number of nitrogens with zero attached hydrogens (tertiary/aromatic N) is 2. The molecule has 98 valence electrons. The van der Waals surface area contributed by atoms with Gasteiger partial charge in [0.1, 0.15) is 5.51 Å². The molecule has 2 aromatic rings. The van der Waals surface area contributed by atoms with Crippen molar-refractivity contribution in [3.63, 3.8) is 0 Å². The Morgan fingerprint density at radius 2 is 2.37 bits per heavy atom. The van der Waals surface area contributed by atoms with E-state index in [0.717, 1.165) is 17.2 Å². The van der Waals surface area contributed by atoms with E-state index in [1.54, 1.807) is 5.51 Å². The fourth-order valence-electron chi connectivity index (χ4n) is 2.30. The number of carbonyl (C=O) groups is 1. The van der Waals surface area contributed by atoms with Crippen LogP contribution in [0.25, 0.3) is 0 Å². The average Bonchev–Trinajstić information content (AvgIpc) is 3.07. The van der Waals surface area contributed by atoms with Gasteiger partial charge in [-0.1, -0.05) is 47.4 Å². The van der Waals surface area contributed by atoms with Crippen molar-refractivity contribution in [3.05, 3.63) is 40.9 Å². The Bertz CT molecular complexity index is 571. The molecule has 1 aromatic carbocycles. The summed E-state index contributed by atoms with van der Waals surface area (Å²) in [6.07, 6.45) is 2.04. The lowest BCUT2D eigenvalue weighted by Crippen LogP contribution is -2.28. The Labute approximate surface area is 119 Å². The van der Waals surface area contributed by atoms with Gasteiger partial charge in [0.05, 0.1) is 11.8 Å². The molecule has 0 saturated carbocycles. The summed E-state index contributed by atoms with van der Waals surface area (Å²) in [5.74, 6) is 0.454. The fraction of sp³-hybridized carbons (Fsp3) is 0.308. The second kappa shape index (κ2) is 5.71. The lowest BCUT2D eigenvalue weighted by molar-refractivity contribution is -0.119. The molecule has 1 aliphatic rings. The SMILES string of the molecule is O=C(CSc1nncs1)NC1CCc2ccccc21. The highest BCUT2D eigenvalue weighted by atomic mass is 32.2. The van der Waals surface area contributed by atoms with Gasteiger partial charge in [-0.3, -0.25) is 4.79 Å². The van der Waals surface area contributed by atoms with E-state index in [1.807, 2.05) is 12.1 Å². The summed E-state index contributed by atoms with van der Waals surface area (Å²) >= 11 is 2.89. The van der Waals surface area contributed by atoms with Crippen molar-refractivity contribution >= 4 is 29.0 Å². The Morgan fingerprint density at radius 3 is 3.21 bits per heavy atom. The molecule has 1 aromatic heterocycles. The molecule has 1 atom stereocenters. The molecular formula is C13H13N3OS2. The highest BCUT2D eigenvalue weighted by Gasteiger charge is 2.23. The molecule has 0 saturated heterocycles. The maximum absolute atomic E-state index is 11.9. The molecule has 0 bridgehead atoms. The summed E-state index contributed by atoms with van der Waals surface area (Å²) in [5, 5.41) is 10.8. The number of hydrogen-bond acceptors (Lipinski definition) is 5. The van der Waals surface area contributed by atoms with Crippen LogP contribution in [0.1, 0.15) is 23.6 Å². The highest BCUT2D eigenvalue weighted by molar-refractivity contribution is 8.01. The van der Waals surface area contributed by atoms with Crippen molar-refractivity contribution in [1.29, 1.82) is 0 Å². The minimum Gasteiger partial charge on any atom is -0.349 e. The van der Waals surface area contributed by atoms with E-state index >= 15 is 0 Å². The van der Waals surface area contributed by atoms with Crippen molar-refractivity contribution in [1.82, 2.24) is 15.5 Å². The predicted octanol–water partition coefficient (Wildman–Crippen LogP) is 2.43. The molecule has 0 fully saturated rings. The van der Waals surface area contributed by atoms with Crippen LogP contribution in [0.2, 0.25) is 0 Å². The Hall–Kier alpha value is -1.40. The van der Waals surface area contributed by atoms with Crippen molar-refractivity contribution < 1.29 is 4.79 Å². The standard InChI is InChI=1S/C13H13N3OS2/c17-12(7-18-13-16-14-8-19-13)15-11-6-5-9-3-1-2-4-10(9)11/h1-4,8,11H,5-7H2,(H,15,17). The van der Waals surface area contributed by atoms with Crippen molar-refractivity contribution in [2.24, 2.45) is 0 Å². The van der Waals surface area contributed by atoms with Gasteiger partial charge >= 0.3 is 0 Å². The number of benzene rings is 1. The smallest absolute Gasteiger partial charge is 0.230 e. The molecule has 0 spiro atoms. The number of carbonyl (C=O) groups excluding carboxylic acids is 1. The first kappa shape index (κ1) is 12.6. The number of fused-ring (bicyclic) bond motifs is 1. The number of aryl methyl sites for hydroxylation is 1. The topological polar surface area (TPSA) is 54.9 Å². The molecule has 19 heavy (non-hydrogen) atoms. The average molecular weight is 291 g/mol.